The van der Waals surface area contributed by atoms with E-state index in [1.807, 2.05) is 36.4 Å². The number of amides is 1. The molecule has 3 aromatic rings. The number of methoxy groups -OCH3 is 1. The van der Waals surface area contributed by atoms with Gasteiger partial charge in [-0.1, -0.05) is 41.9 Å². The zero-order valence-electron chi connectivity index (χ0n) is 15.3. The smallest absolute Gasteiger partial charge is 0.271 e. The predicted molar refractivity (Wildman–Crippen MR) is 110 cm³/mol. The van der Waals surface area contributed by atoms with Crippen molar-refractivity contribution in [2.75, 3.05) is 7.11 Å². The lowest BCUT2D eigenvalue weighted by atomic mass is 10.2. The van der Waals surface area contributed by atoms with E-state index in [1.165, 1.54) is 0 Å². The molecule has 1 N–H and O–H groups in total. The topological polar surface area (TPSA) is 59.9 Å². The Morgan fingerprint density at radius 2 is 1.79 bits per heavy atom. The molecule has 0 aromatic heterocycles. The van der Waals surface area contributed by atoms with E-state index in [2.05, 4.69) is 10.5 Å². The number of hydrogen-bond acceptors (Lipinski definition) is 4. The Hall–Kier alpha value is -3.31. The SMILES string of the molecule is COc1ccc(/C=N/NC(=O)c2ccccc2)cc1OCc1ccc(Cl)cc1. The average Bonchev–Trinajstić information content (AvgIpc) is 2.74. The summed E-state index contributed by atoms with van der Waals surface area (Å²) < 4.78 is 11.2. The molecule has 1 amide bonds. The van der Waals surface area contributed by atoms with Crippen LogP contribution in [0.2, 0.25) is 5.02 Å². The second-order valence-electron chi connectivity index (χ2n) is 5.89. The maximum Gasteiger partial charge on any atom is 0.271 e. The first kappa shape index (κ1) is 19.5. The summed E-state index contributed by atoms with van der Waals surface area (Å²) in [7, 11) is 1.58. The Balaban J connectivity index is 1.66. The molecule has 0 heterocycles. The Morgan fingerprint density at radius 1 is 1.04 bits per heavy atom. The second-order valence-corrected chi connectivity index (χ2v) is 6.33. The van der Waals surface area contributed by atoms with Gasteiger partial charge < -0.3 is 9.47 Å². The van der Waals surface area contributed by atoms with Gasteiger partial charge >= 0.3 is 0 Å². The number of carbonyl (C=O) groups is 1. The Kier molecular flexibility index (Phi) is 6.65. The summed E-state index contributed by atoms with van der Waals surface area (Å²) in [6.45, 7) is 0.374. The van der Waals surface area contributed by atoms with E-state index in [0.29, 0.717) is 28.7 Å². The molecule has 0 spiro atoms. The van der Waals surface area contributed by atoms with E-state index in [4.69, 9.17) is 21.1 Å². The van der Waals surface area contributed by atoms with E-state index in [-0.39, 0.29) is 5.91 Å². The van der Waals surface area contributed by atoms with Crippen LogP contribution in [0.4, 0.5) is 0 Å². The minimum Gasteiger partial charge on any atom is -0.493 e. The zero-order chi connectivity index (χ0) is 19.8. The second kappa shape index (κ2) is 9.58. The van der Waals surface area contributed by atoms with Crippen LogP contribution in [0.3, 0.4) is 0 Å². The molecule has 0 fully saturated rings. The van der Waals surface area contributed by atoms with Gasteiger partial charge in [0.25, 0.3) is 5.91 Å². The lowest BCUT2D eigenvalue weighted by Crippen LogP contribution is -2.17. The zero-order valence-corrected chi connectivity index (χ0v) is 16.0. The average molecular weight is 395 g/mol. The molecule has 0 atom stereocenters. The molecule has 0 aliphatic heterocycles. The van der Waals surface area contributed by atoms with Crippen LogP contribution >= 0.6 is 11.6 Å². The molecule has 0 saturated heterocycles. The lowest BCUT2D eigenvalue weighted by molar-refractivity contribution is 0.0955. The Bertz CT molecular complexity index is 957. The lowest BCUT2D eigenvalue weighted by Gasteiger charge is -2.11. The van der Waals surface area contributed by atoms with Crippen LogP contribution in [-0.4, -0.2) is 19.2 Å². The minimum atomic E-state index is -0.274. The maximum atomic E-state index is 12.0. The summed E-state index contributed by atoms with van der Waals surface area (Å²) in [5.41, 5.74) is 4.80. The first-order chi connectivity index (χ1) is 13.7. The first-order valence-corrected chi connectivity index (χ1v) is 8.97. The summed E-state index contributed by atoms with van der Waals surface area (Å²) in [6.07, 6.45) is 1.55. The van der Waals surface area contributed by atoms with Gasteiger partial charge in [0.05, 0.1) is 13.3 Å². The number of hydrogen-bond donors (Lipinski definition) is 1. The number of carbonyl (C=O) groups excluding carboxylic acids is 1. The highest BCUT2D eigenvalue weighted by Gasteiger charge is 2.06. The maximum absolute atomic E-state index is 12.0. The summed E-state index contributed by atoms with van der Waals surface area (Å²) >= 11 is 5.90. The fourth-order valence-corrected chi connectivity index (χ4v) is 2.57. The highest BCUT2D eigenvalue weighted by Crippen LogP contribution is 2.28. The third-order valence-corrected chi connectivity index (χ3v) is 4.16. The van der Waals surface area contributed by atoms with E-state index >= 15 is 0 Å². The molecular weight excluding hydrogens is 376 g/mol. The fourth-order valence-electron chi connectivity index (χ4n) is 2.45. The standard InChI is InChI=1S/C22H19ClN2O3/c1-27-20-12-9-17(14-24-25-22(26)18-5-3-2-4-6-18)13-21(20)28-15-16-7-10-19(23)11-8-16/h2-14H,15H2,1H3,(H,25,26)/b24-14+. The summed E-state index contributed by atoms with van der Waals surface area (Å²) in [5.74, 6) is 0.916. The van der Waals surface area contributed by atoms with Crippen LogP contribution in [0.5, 0.6) is 11.5 Å². The van der Waals surface area contributed by atoms with Crippen molar-refractivity contribution in [2.24, 2.45) is 5.10 Å². The number of nitrogens with zero attached hydrogens (tertiary/aromatic N) is 1. The number of halogens is 1. The van der Waals surface area contributed by atoms with Crippen molar-refractivity contribution >= 4 is 23.7 Å². The van der Waals surface area contributed by atoms with Crippen molar-refractivity contribution in [3.8, 4) is 11.5 Å². The van der Waals surface area contributed by atoms with Gasteiger partial charge in [0.15, 0.2) is 11.5 Å². The quantitative estimate of drug-likeness (QED) is 0.467. The van der Waals surface area contributed by atoms with Crippen molar-refractivity contribution in [3.05, 3.63) is 94.5 Å². The fraction of sp³-hybridized carbons (Fsp3) is 0.0909. The van der Waals surface area contributed by atoms with Crippen LogP contribution in [0.15, 0.2) is 77.9 Å². The molecular formula is C22H19ClN2O3. The monoisotopic (exact) mass is 394 g/mol. The number of benzene rings is 3. The predicted octanol–water partition coefficient (Wildman–Crippen LogP) is 4.69. The van der Waals surface area contributed by atoms with Gasteiger partial charge in [-0.25, -0.2) is 5.43 Å². The first-order valence-electron chi connectivity index (χ1n) is 8.59. The molecule has 0 radical (unpaired) electrons. The van der Waals surface area contributed by atoms with E-state index in [9.17, 15) is 4.79 Å². The van der Waals surface area contributed by atoms with Crippen molar-refractivity contribution in [1.29, 1.82) is 0 Å². The largest absolute Gasteiger partial charge is 0.493 e. The Labute approximate surface area is 168 Å². The molecule has 0 unspecified atom stereocenters. The van der Waals surface area contributed by atoms with Gasteiger partial charge in [-0.05, 0) is 53.6 Å². The van der Waals surface area contributed by atoms with Gasteiger partial charge in [-0.3, -0.25) is 4.79 Å². The molecule has 142 valence electrons. The minimum absolute atomic E-state index is 0.274. The van der Waals surface area contributed by atoms with Crippen LogP contribution in [0.25, 0.3) is 0 Å². The third-order valence-electron chi connectivity index (χ3n) is 3.91. The summed E-state index contributed by atoms with van der Waals surface area (Å²) in [5, 5.41) is 4.68. The molecule has 0 aliphatic carbocycles. The number of nitrogens with one attached hydrogen (secondary N) is 1. The van der Waals surface area contributed by atoms with Gasteiger partial charge in [0.2, 0.25) is 0 Å². The van der Waals surface area contributed by atoms with Gasteiger partial charge in [0.1, 0.15) is 6.61 Å². The van der Waals surface area contributed by atoms with Gasteiger partial charge in [-0.15, -0.1) is 0 Å². The third kappa shape index (κ3) is 5.34. The number of hydrazone groups is 1. The van der Waals surface area contributed by atoms with Crippen LogP contribution in [0, 0.1) is 0 Å². The molecule has 28 heavy (non-hydrogen) atoms. The van der Waals surface area contributed by atoms with Crippen LogP contribution in [-0.2, 0) is 6.61 Å². The van der Waals surface area contributed by atoms with Crippen molar-refractivity contribution < 1.29 is 14.3 Å². The van der Waals surface area contributed by atoms with Gasteiger partial charge in [-0.2, -0.15) is 5.10 Å². The van der Waals surface area contributed by atoms with E-state index < -0.39 is 0 Å². The molecule has 5 nitrogen and oxygen atoms in total. The normalized spacial score (nSPS) is 10.6. The molecule has 0 bridgehead atoms. The van der Waals surface area contributed by atoms with E-state index in [0.717, 1.165) is 11.1 Å². The molecule has 0 saturated carbocycles. The molecule has 3 aromatic carbocycles. The number of rotatable bonds is 7. The van der Waals surface area contributed by atoms with Crippen LogP contribution in [0.1, 0.15) is 21.5 Å². The van der Waals surface area contributed by atoms with Crippen molar-refractivity contribution in [1.82, 2.24) is 5.43 Å². The summed E-state index contributed by atoms with van der Waals surface area (Å²) in [4.78, 5) is 12.0. The van der Waals surface area contributed by atoms with E-state index in [1.54, 1.807) is 49.7 Å². The number of ether oxygens (including phenoxy) is 2. The molecule has 3 rings (SSSR count). The van der Waals surface area contributed by atoms with Gasteiger partial charge in [0, 0.05) is 10.6 Å². The molecule has 6 heteroatoms. The van der Waals surface area contributed by atoms with Crippen molar-refractivity contribution in [2.45, 2.75) is 6.61 Å². The Morgan fingerprint density at radius 3 is 2.50 bits per heavy atom. The van der Waals surface area contributed by atoms with Crippen LogP contribution < -0.4 is 14.9 Å². The van der Waals surface area contributed by atoms with Crippen molar-refractivity contribution in [3.63, 3.8) is 0 Å². The summed E-state index contributed by atoms with van der Waals surface area (Å²) in [6, 6.07) is 21.7. The highest BCUT2D eigenvalue weighted by atomic mass is 35.5. The highest BCUT2D eigenvalue weighted by molar-refractivity contribution is 6.30. The molecule has 0 aliphatic rings.